The molecule has 2 saturated heterocycles. The van der Waals surface area contributed by atoms with E-state index in [-0.39, 0.29) is 57.0 Å². The molecule has 50 heavy (non-hydrogen) atoms. The van der Waals surface area contributed by atoms with E-state index in [9.17, 15) is 20.1 Å². The summed E-state index contributed by atoms with van der Waals surface area (Å²) in [4.78, 5) is 19.2. The summed E-state index contributed by atoms with van der Waals surface area (Å²) in [5.41, 5.74) is -0.170. The van der Waals surface area contributed by atoms with Crippen LogP contribution in [0.4, 0.5) is 0 Å². The van der Waals surface area contributed by atoms with Crippen LogP contribution in [-0.2, 0) is 25.4 Å². The molecule has 5 aliphatic carbocycles. The van der Waals surface area contributed by atoms with Crippen LogP contribution in [0.5, 0.6) is 0 Å². The van der Waals surface area contributed by atoms with Gasteiger partial charge in [0.25, 0.3) is 0 Å². The van der Waals surface area contributed by atoms with Gasteiger partial charge in [-0.3, -0.25) is 9.78 Å². The number of amides is 1. The minimum atomic E-state index is -1.26. The number of rotatable bonds is 6. The Bertz CT molecular complexity index is 1470. The largest absolute Gasteiger partial charge is 0.390 e. The molecule has 1 aromatic rings. The predicted octanol–water partition coefficient (Wildman–Crippen LogP) is 5.14. The van der Waals surface area contributed by atoms with Gasteiger partial charge in [-0.15, -0.1) is 0 Å². The third kappa shape index (κ3) is 4.85. The number of ether oxygens (including phenoxy) is 3. The SMILES string of the molecule is C[C@@H]1CC(C(O)C(C)(C)O)OC2[C@H]1C1(C)CCC34CC35CCC(O[C@H]3CN(C(=O)Cc6ccncc6)CCO3)C(C)(C)[C@@H]5CCC4[C@]1(C)[C@H]2O. The topological polar surface area (TPSA) is 122 Å². The van der Waals surface area contributed by atoms with Crippen molar-refractivity contribution in [1.29, 1.82) is 0 Å². The van der Waals surface area contributed by atoms with Gasteiger partial charge in [0.2, 0.25) is 5.91 Å². The predicted molar refractivity (Wildman–Crippen MR) is 188 cm³/mol. The average Bonchev–Trinajstić information content (AvgIpc) is 3.70. The first-order valence-corrected chi connectivity index (χ1v) is 19.7. The number of aromatic nitrogens is 1. The zero-order valence-corrected chi connectivity index (χ0v) is 31.4. The lowest BCUT2D eigenvalue weighted by Gasteiger charge is -2.64. The standard InChI is InChI=1S/C41H62N2O7/c1-24-20-26(34(45)37(4,5)47)49-33-32(24)38(6)14-15-41-23-40(41)13-10-29(36(2,3)27(40)8-9-28(41)39(38,7)35(33)46)50-31-22-43(18-19-48-31)30(44)21-25-11-16-42-17-12-25/h11-12,16-17,24,26-29,31-35,45-47H,8-10,13-15,18-23H2,1-7H3/t24-,26?,27+,28?,29?,31+,32+,33?,34?,35+,38?,39-,40?,41?/m1/s1. The van der Waals surface area contributed by atoms with E-state index in [1.54, 1.807) is 26.2 Å². The molecule has 2 aliphatic heterocycles. The molecule has 7 aliphatic rings. The highest BCUT2D eigenvalue weighted by molar-refractivity contribution is 5.78. The Balaban J connectivity index is 0.985. The van der Waals surface area contributed by atoms with Gasteiger partial charge in [0.1, 0.15) is 6.10 Å². The first-order chi connectivity index (χ1) is 23.5. The molecule has 14 atom stereocenters. The number of aliphatic hydroxyl groups excluding tert-OH is 2. The van der Waals surface area contributed by atoms with Crippen LogP contribution in [0.1, 0.15) is 105 Å². The van der Waals surface area contributed by atoms with Crippen LogP contribution in [0.2, 0.25) is 0 Å². The zero-order valence-electron chi connectivity index (χ0n) is 31.4. The van der Waals surface area contributed by atoms with Gasteiger partial charge in [-0.25, -0.2) is 0 Å². The highest BCUT2D eigenvalue weighted by Crippen LogP contribution is 2.89. The molecule has 278 valence electrons. The summed E-state index contributed by atoms with van der Waals surface area (Å²) in [6.07, 6.45) is 9.66. The summed E-state index contributed by atoms with van der Waals surface area (Å²) in [6.45, 7) is 16.8. The van der Waals surface area contributed by atoms with Gasteiger partial charge in [-0.2, -0.15) is 0 Å². The molecule has 7 fully saturated rings. The first kappa shape index (κ1) is 35.4. The smallest absolute Gasteiger partial charge is 0.227 e. The third-order valence-corrected chi connectivity index (χ3v) is 16.6. The summed E-state index contributed by atoms with van der Waals surface area (Å²) in [5.74, 6) is 1.57. The fourth-order valence-corrected chi connectivity index (χ4v) is 14.1. The maximum Gasteiger partial charge on any atom is 0.227 e. The number of carbonyl (C=O) groups is 1. The number of pyridine rings is 1. The van der Waals surface area contributed by atoms with E-state index in [0.29, 0.717) is 44.4 Å². The number of fused-ring (bicyclic) bond motifs is 4. The molecule has 9 heteroatoms. The molecule has 1 amide bonds. The Kier molecular flexibility index (Phi) is 8.28. The lowest BCUT2D eigenvalue weighted by molar-refractivity contribution is -0.248. The normalized spacial score (nSPS) is 48.4. The van der Waals surface area contributed by atoms with Gasteiger partial charge in [0, 0.05) is 24.4 Å². The molecule has 2 spiro atoms. The molecule has 0 aromatic carbocycles. The molecule has 3 heterocycles. The van der Waals surface area contributed by atoms with Crippen LogP contribution in [0.3, 0.4) is 0 Å². The van der Waals surface area contributed by atoms with E-state index >= 15 is 0 Å². The minimum absolute atomic E-state index is 0.0403. The Morgan fingerprint density at radius 1 is 1.08 bits per heavy atom. The van der Waals surface area contributed by atoms with E-state index in [1.165, 1.54) is 12.8 Å². The molecule has 9 nitrogen and oxygen atoms in total. The zero-order chi connectivity index (χ0) is 35.6. The third-order valence-electron chi connectivity index (χ3n) is 16.6. The minimum Gasteiger partial charge on any atom is -0.390 e. The Morgan fingerprint density at radius 2 is 1.78 bits per heavy atom. The van der Waals surface area contributed by atoms with E-state index in [4.69, 9.17) is 14.2 Å². The highest BCUT2D eigenvalue weighted by atomic mass is 16.7. The van der Waals surface area contributed by atoms with E-state index in [2.05, 4.69) is 39.6 Å². The molecule has 0 radical (unpaired) electrons. The molecule has 5 saturated carbocycles. The summed E-state index contributed by atoms with van der Waals surface area (Å²) >= 11 is 0. The van der Waals surface area contributed by atoms with Gasteiger partial charge in [-0.05, 0) is 128 Å². The average molecular weight is 695 g/mol. The summed E-state index contributed by atoms with van der Waals surface area (Å²) in [7, 11) is 0. The Morgan fingerprint density at radius 3 is 2.50 bits per heavy atom. The molecule has 8 rings (SSSR count). The maximum absolute atomic E-state index is 13.2. The highest BCUT2D eigenvalue weighted by Gasteiger charge is 2.84. The second kappa shape index (κ2) is 11.7. The van der Waals surface area contributed by atoms with E-state index in [1.807, 2.05) is 17.0 Å². The second-order valence-electron chi connectivity index (χ2n) is 19.5. The van der Waals surface area contributed by atoms with Gasteiger partial charge in [0.05, 0.1) is 49.6 Å². The summed E-state index contributed by atoms with van der Waals surface area (Å²) in [6, 6.07) is 3.79. The molecule has 3 N–H and O–H groups in total. The van der Waals surface area contributed by atoms with Crippen LogP contribution in [0, 0.1) is 50.7 Å². The lowest BCUT2D eigenvalue weighted by atomic mass is 9.41. The van der Waals surface area contributed by atoms with E-state index in [0.717, 1.165) is 37.7 Å². The van der Waals surface area contributed by atoms with Crippen LogP contribution in [0.25, 0.3) is 0 Å². The number of carbonyl (C=O) groups excluding carboxylic acids is 1. The van der Waals surface area contributed by atoms with Crippen LogP contribution in [0.15, 0.2) is 24.5 Å². The molecular weight excluding hydrogens is 632 g/mol. The van der Waals surface area contributed by atoms with Crippen molar-refractivity contribution in [3.8, 4) is 0 Å². The Labute approximate surface area is 298 Å². The monoisotopic (exact) mass is 694 g/mol. The molecule has 0 bridgehead atoms. The summed E-state index contributed by atoms with van der Waals surface area (Å²) in [5, 5.41) is 34.2. The van der Waals surface area contributed by atoms with Crippen molar-refractivity contribution in [3.05, 3.63) is 30.1 Å². The van der Waals surface area contributed by atoms with Gasteiger partial charge in [-0.1, -0.05) is 34.6 Å². The number of morpholine rings is 1. The van der Waals surface area contributed by atoms with Gasteiger partial charge in [0.15, 0.2) is 6.29 Å². The number of hydrogen-bond acceptors (Lipinski definition) is 8. The van der Waals surface area contributed by atoms with Crippen molar-refractivity contribution in [2.24, 2.45) is 50.7 Å². The molecular formula is C41H62N2O7. The maximum atomic E-state index is 13.2. The van der Waals surface area contributed by atoms with Gasteiger partial charge < -0.3 is 34.4 Å². The van der Waals surface area contributed by atoms with Crippen LogP contribution in [-0.4, -0.2) is 93.2 Å². The lowest BCUT2D eigenvalue weighted by Crippen LogP contribution is -2.60. The van der Waals surface area contributed by atoms with Crippen molar-refractivity contribution in [1.82, 2.24) is 9.88 Å². The van der Waals surface area contributed by atoms with Crippen molar-refractivity contribution in [3.63, 3.8) is 0 Å². The quantitative estimate of drug-likeness (QED) is 0.375. The van der Waals surface area contributed by atoms with Gasteiger partial charge >= 0.3 is 0 Å². The first-order valence-electron chi connectivity index (χ1n) is 19.7. The fourth-order valence-electron chi connectivity index (χ4n) is 14.1. The van der Waals surface area contributed by atoms with E-state index < -0.39 is 30.2 Å². The second-order valence-corrected chi connectivity index (χ2v) is 19.5. The van der Waals surface area contributed by atoms with Crippen LogP contribution < -0.4 is 0 Å². The number of hydrogen-bond donors (Lipinski definition) is 3. The summed E-state index contributed by atoms with van der Waals surface area (Å²) < 4.78 is 19.7. The van der Waals surface area contributed by atoms with Crippen molar-refractivity contribution >= 4 is 5.91 Å². The van der Waals surface area contributed by atoms with Crippen LogP contribution >= 0.6 is 0 Å². The Hall–Kier alpha value is -1.62. The van der Waals surface area contributed by atoms with Crippen molar-refractivity contribution in [2.75, 3.05) is 19.7 Å². The molecule has 1 aromatic heterocycles. The fraction of sp³-hybridized carbons (Fsp3) is 0.854. The van der Waals surface area contributed by atoms with Crippen molar-refractivity contribution < 1.29 is 34.3 Å². The number of aliphatic hydroxyl groups is 3. The van der Waals surface area contributed by atoms with Crippen molar-refractivity contribution in [2.45, 2.75) is 149 Å². The molecule has 8 unspecified atom stereocenters. The number of nitrogens with zero attached hydrogens (tertiary/aromatic N) is 2.